The Hall–Kier alpha value is -0.340. The summed E-state index contributed by atoms with van der Waals surface area (Å²) in [7, 11) is 0. The molecule has 0 radical (unpaired) electrons. The quantitative estimate of drug-likeness (QED) is 0.671. The highest BCUT2D eigenvalue weighted by Crippen LogP contribution is 2.33. The van der Waals surface area contributed by atoms with Gasteiger partial charge in [0, 0.05) is 22.8 Å². The summed E-state index contributed by atoms with van der Waals surface area (Å²) in [5.41, 5.74) is 1.85. The first-order valence-electron chi connectivity index (χ1n) is 4.90. The van der Waals surface area contributed by atoms with Crippen molar-refractivity contribution in [3.63, 3.8) is 0 Å². The largest absolute Gasteiger partial charge is 0.312 e. The van der Waals surface area contributed by atoms with Crippen molar-refractivity contribution < 1.29 is 0 Å². The molecule has 0 atom stereocenters. The van der Waals surface area contributed by atoms with Crippen molar-refractivity contribution in [1.82, 2.24) is 5.32 Å². The van der Waals surface area contributed by atoms with Gasteiger partial charge < -0.3 is 5.32 Å². The molecule has 2 heteroatoms. The Morgan fingerprint density at radius 1 is 1.38 bits per heavy atom. The molecule has 1 aliphatic heterocycles. The number of nitrogens with one attached hydrogen (secondary N) is 1. The van der Waals surface area contributed by atoms with Crippen LogP contribution >= 0.6 is 11.3 Å². The van der Waals surface area contributed by atoms with Crippen LogP contribution in [0.4, 0.5) is 0 Å². The van der Waals surface area contributed by atoms with Crippen molar-refractivity contribution in [2.75, 3.05) is 6.54 Å². The highest BCUT2D eigenvalue weighted by molar-refractivity contribution is 7.12. The van der Waals surface area contributed by atoms with Crippen LogP contribution in [-0.4, -0.2) is 6.54 Å². The van der Waals surface area contributed by atoms with Gasteiger partial charge in [0.25, 0.3) is 0 Å². The Morgan fingerprint density at radius 2 is 2.15 bits per heavy atom. The molecule has 0 amide bonds. The van der Waals surface area contributed by atoms with E-state index in [1.165, 1.54) is 16.9 Å². The van der Waals surface area contributed by atoms with Gasteiger partial charge in [-0.25, -0.2) is 0 Å². The molecule has 0 saturated heterocycles. The third-order valence-corrected chi connectivity index (χ3v) is 4.14. The van der Waals surface area contributed by atoms with E-state index in [4.69, 9.17) is 0 Å². The van der Waals surface area contributed by atoms with E-state index in [1.54, 1.807) is 4.88 Å². The maximum Gasteiger partial charge on any atom is 0.0216 e. The Balaban J connectivity index is 2.36. The highest BCUT2D eigenvalue weighted by atomic mass is 32.1. The number of hydrogen-bond donors (Lipinski definition) is 1. The molecule has 2 heterocycles. The molecule has 0 aliphatic carbocycles. The van der Waals surface area contributed by atoms with Crippen LogP contribution in [0.15, 0.2) is 6.07 Å². The lowest BCUT2D eigenvalue weighted by molar-refractivity contribution is 0.602. The predicted molar refractivity (Wildman–Crippen MR) is 58.4 cm³/mol. The molecule has 13 heavy (non-hydrogen) atoms. The summed E-state index contributed by atoms with van der Waals surface area (Å²) < 4.78 is 0. The minimum atomic E-state index is 0.321. The summed E-state index contributed by atoms with van der Waals surface area (Å²) in [4.78, 5) is 3.13. The summed E-state index contributed by atoms with van der Waals surface area (Å²) in [6, 6.07) is 2.38. The highest BCUT2D eigenvalue weighted by Gasteiger charge is 2.20. The molecule has 0 bridgehead atoms. The molecule has 0 fully saturated rings. The second-order valence-corrected chi connectivity index (χ2v) is 5.87. The second kappa shape index (κ2) is 3.10. The Bertz CT molecular complexity index is 283. The van der Waals surface area contributed by atoms with Crippen LogP contribution in [0.2, 0.25) is 0 Å². The van der Waals surface area contributed by atoms with E-state index in [1.807, 2.05) is 11.3 Å². The lowest BCUT2D eigenvalue weighted by atomic mass is 9.94. The minimum Gasteiger partial charge on any atom is -0.312 e. The van der Waals surface area contributed by atoms with E-state index >= 15 is 0 Å². The molecule has 0 unspecified atom stereocenters. The van der Waals surface area contributed by atoms with Gasteiger partial charge in [0.1, 0.15) is 0 Å². The zero-order valence-electron chi connectivity index (χ0n) is 8.61. The van der Waals surface area contributed by atoms with E-state index in [9.17, 15) is 0 Å². The fourth-order valence-corrected chi connectivity index (χ4v) is 2.86. The normalized spacial score (nSPS) is 17.2. The Kier molecular flexibility index (Phi) is 2.20. The van der Waals surface area contributed by atoms with E-state index < -0.39 is 0 Å². The summed E-state index contributed by atoms with van der Waals surface area (Å²) in [6.07, 6.45) is 1.22. The van der Waals surface area contributed by atoms with Crippen LogP contribution in [0.3, 0.4) is 0 Å². The Morgan fingerprint density at radius 3 is 2.77 bits per heavy atom. The minimum absolute atomic E-state index is 0.321. The molecule has 1 aromatic heterocycles. The lowest BCUT2D eigenvalue weighted by Gasteiger charge is -2.15. The maximum atomic E-state index is 3.41. The van der Waals surface area contributed by atoms with Crippen LogP contribution in [-0.2, 0) is 18.4 Å². The van der Waals surface area contributed by atoms with Crippen molar-refractivity contribution in [1.29, 1.82) is 0 Å². The molecule has 0 spiro atoms. The van der Waals surface area contributed by atoms with Gasteiger partial charge in [0.2, 0.25) is 0 Å². The van der Waals surface area contributed by atoms with Crippen LogP contribution in [0.1, 0.15) is 36.1 Å². The summed E-state index contributed by atoms with van der Waals surface area (Å²) in [5.74, 6) is 0. The molecule has 72 valence electrons. The van der Waals surface area contributed by atoms with E-state index in [0.717, 1.165) is 13.1 Å². The SMILES string of the molecule is CC(C)(C)c1cc2c(s1)CCNC2. The van der Waals surface area contributed by atoms with Crippen molar-refractivity contribution in [2.45, 2.75) is 39.2 Å². The van der Waals surface area contributed by atoms with E-state index in [0.29, 0.717) is 5.41 Å². The average molecular weight is 195 g/mol. The summed E-state index contributed by atoms with van der Waals surface area (Å²) >= 11 is 2.00. The zero-order chi connectivity index (χ0) is 9.47. The van der Waals surface area contributed by atoms with Crippen LogP contribution in [0.25, 0.3) is 0 Å². The smallest absolute Gasteiger partial charge is 0.0216 e. The number of thiophene rings is 1. The number of hydrogen-bond acceptors (Lipinski definition) is 2. The lowest BCUT2D eigenvalue weighted by Crippen LogP contribution is -2.21. The average Bonchev–Trinajstić information content (AvgIpc) is 2.45. The number of rotatable bonds is 0. The van der Waals surface area contributed by atoms with Crippen molar-refractivity contribution in [2.24, 2.45) is 0 Å². The van der Waals surface area contributed by atoms with Crippen LogP contribution in [0, 0.1) is 0 Å². The fourth-order valence-electron chi connectivity index (χ4n) is 1.62. The third-order valence-electron chi connectivity index (χ3n) is 2.48. The van der Waals surface area contributed by atoms with Gasteiger partial charge in [-0.2, -0.15) is 0 Å². The standard InChI is InChI=1S/C11H17NS/c1-11(2,3)10-6-8-7-12-5-4-9(8)13-10/h6,12H,4-5,7H2,1-3H3. The molecule has 2 rings (SSSR count). The molecular formula is C11H17NS. The maximum absolute atomic E-state index is 3.41. The Labute approximate surface area is 84.2 Å². The summed E-state index contributed by atoms with van der Waals surface area (Å²) in [5, 5.41) is 3.41. The van der Waals surface area contributed by atoms with Gasteiger partial charge in [-0.3, -0.25) is 0 Å². The van der Waals surface area contributed by atoms with Crippen molar-refractivity contribution >= 4 is 11.3 Å². The molecule has 0 saturated carbocycles. The van der Waals surface area contributed by atoms with Crippen molar-refractivity contribution in [3.05, 3.63) is 21.4 Å². The van der Waals surface area contributed by atoms with Gasteiger partial charge >= 0.3 is 0 Å². The van der Waals surface area contributed by atoms with Gasteiger partial charge in [-0.15, -0.1) is 11.3 Å². The molecule has 1 aromatic rings. The molecule has 1 nitrogen and oxygen atoms in total. The molecular weight excluding hydrogens is 178 g/mol. The second-order valence-electron chi connectivity index (χ2n) is 4.74. The molecule has 0 aromatic carbocycles. The van der Waals surface area contributed by atoms with Crippen molar-refractivity contribution in [3.8, 4) is 0 Å². The van der Waals surface area contributed by atoms with Gasteiger partial charge in [-0.1, -0.05) is 20.8 Å². The molecule has 1 aliphatic rings. The van der Waals surface area contributed by atoms with Gasteiger partial charge in [0.05, 0.1) is 0 Å². The third kappa shape index (κ3) is 1.79. The topological polar surface area (TPSA) is 12.0 Å². The zero-order valence-corrected chi connectivity index (χ0v) is 9.42. The predicted octanol–water partition coefficient (Wildman–Crippen LogP) is 2.69. The first kappa shape index (κ1) is 9.22. The molecule has 1 N–H and O–H groups in total. The van der Waals surface area contributed by atoms with Gasteiger partial charge in [0.15, 0.2) is 0 Å². The monoisotopic (exact) mass is 195 g/mol. The fraction of sp³-hybridized carbons (Fsp3) is 0.636. The van der Waals surface area contributed by atoms with Crippen LogP contribution < -0.4 is 5.32 Å². The number of fused-ring (bicyclic) bond motifs is 1. The first-order chi connectivity index (χ1) is 6.07. The van der Waals surface area contributed by atoms with Crippen LogP contribution in [0.5, 0.6) is 0 Å². The van der Waals surface area contributed by atoms with Gasteiger partial charge in [-0.05, 0) is 23.5 Å². The van der Waals surface area contributed by atoms with E-state index in [2.05, 4.69) is 32.2 Å². The first-order valence-corrected chi connectivity index (χ1v) is 5.72. The summed E-state index contributed by atoms with van der Waals surface area (Å²) in [6.45, 7) is 9.09. The van der Waals surface area contributed by atoms with E-state index in [-0.39, 0.29) is 0 Å².